The van der Waals surface area contributed by atoms with E-state index in [-0.39, 0.29) is 5.56 Å². The lowest BCUT2D eigenvalue weighted by Crippen LogP contribution is -2.10. The maximum atomic E-state index is 11.8. The first-order valence-corrected chi connectivity index (χ1v) is 10.5. The Labute approximate surface area is 186 Å². The van der Waals surface area contributed by atoms with Crippen LogP contribution in [0.25, 0.3) is 17.1 Å². The van der Waals surface area contributed by atoms with Crippen molar-refractivity contribution < 1.29 is 9.90 Å². The van der Waals surface area contributed by atoms with Crippen LogP contribution in [0, 0.1) is 20.8 Å². The lowest BCUT2D eigenvalue weighted by atomic mass is 10.1. The van der Waals surface area contributed by atoms with E-state index < -0.39 is 5.97 Å². The zero-order valence-corrected chi connectivity index (χ0v) is 18.5. The average molecular weight is 428 g/mol. The third kappa shape index (κ3) is 4.23. The van der Waals surface area contributed by atoms with Crippen molar-refractivity contribution in [1.29, 1.82) is 0 Å². The highest BCUT2D eigenvalue weighted by molar-refractivity contribution is 5.95. The number of nitrogens with one attached hydrogen (secondary N) is 1. The molecule has 0 fully saturated rings. The molecule has 0 unspecified atom stereocenters. The minimum atomic E-state index is -0.996. The summed E-state index contributed by atoms with van der Waals surface area (Å²) in [5, 5.41) is 17.8. The van der Waals surface area contributed by atoms with Crippen molar-refractivity contribution in [2.45, 2.75) is 34.1 Å². The van der Waals surface area contributed by atoms with Gasteiger partial charge in [0.2, 0.25) is 0 Å². The van der Waals surface area contributed by atoms with Crippen LogP contribution in [0.2, 0.25) is 0 Å². The number of carboxylic acids is 1. The maximum Gasteiger partial charge on any atom is 0.337 e. The molecule has 7 nitrogen and oxygen atoms in total. The summed E-state index contributed by atoms with van der Waals surface area (Å²) in [6.45, 7) is 7.73. The Morgan fingerprint density at radius 1 is 1.09 bits per heavy atom. The van der Waals surface area contributed by atoms with Crippen LogP contribution in [0.5, 0.6) is 0 Å². The summed E-state index contributed by atoms with van der Waals surface area (Å²) in [4.78, 5) is 20.9. The Balaban J connectivity index is 1.88. The van der Waals surface area contributed by atoms with E-state index in [1.807, 2.05) is 45.0 Å². The SMILES string of the molecule is CCc1cccc(-c2cc(Nc3ccc(C)cc3C(=O)O)n(-c3nc(C)cnc3C)n2)c1. The van der Waals surface area contributed by atoms with Gasteiger partial charge in [-0.1, -0.05) is 36.8 Å². The maximum absolute atomic E-state index is 11.8. The monoisotopic (exact) mass is 427 g/mol. The molecule has 0 radical (unpaired) electrons. The van der Waals surface area contributed by atoms with Crippen molar-refractivity contribution >= 4 is 17.5 Å². The summed E-state index contributed by atoms with van der Waals surface area (Å²) in [6, 6.07) is 15.4. The highest BCUT2D eigenvalue weighted by Gasteiger charge is 2.18. The number of hydrogen-bond acceptors (Lipinski definition) is 5. The van der Waals surface area contributed by atoms with Crippen molar-refractivity contribution in [2.75, 3.05) is 5.32 Å². The Hall–Kier alpha value is -4.00. The van der Waals surface area contributed by atoms with Gasteiger partial charge in [-0.25, -0.2) is 9.78 Å². The Morgan fingerprint density at radius 2 is 1.91 bits per heavy atom. The Morgan fingerprint density at radius 3 is 2.66 bits per heavy atom. The topological polar surface area (TPSA) is 92.9 Å². The highest BCUT2D eigenvalue weighted by Crippen LogP contribution is 2.29. The summed E-state index contributed by atoms with van der Waals surface area (Å²) in [6.07, 6.45) is 2.64. The van der Waals surface area contributed by atoms with Crippen molar-refractivity contribution in [1.82, 2.24) is 19.7 Å². The zero-order chi connectivity index (χ0) is 22.8. The predicted octanol–water partition coefficient (Wildman–Crippen LogP) is 5.26. The van der Waals surface area contributed by atoms with Gasteiger partial charge in [0.25, 0.3) is 0 Å². The number of nitrogens with zero attached hydrogens (tertiary/aromatic N) is 4. The van der Waals surface area contributed by atoms with Gasteiger partial charge in [-0.05, 0) is 51.0 Å². The van der Waals surface area contributed by atoms with Crippen LogP contribution >= 0.6 is 0 Å². The molecule has 0 bridgehead atoms. The number of hydrogen-bond donors (Lipinski definition) is 2. The number of benzene rings is 2. The van der Waals surface area contributed by atoms with Crippen LogP contribution in [0.15, 0.2) is 54.7 Å². The quantitative estimate of drug-likeness (QED) is 0.436. The van der Waals surface area contributed by atoms with E-state index >= 15 is 0 Å². The molecule has 0 aliphatic carbocycles. The first-order chi connectivity index (χ1) is 15.4. The van der Waals surface area contributed by atoms with Gasteiger partial charge in [-0.15, -0.1) is 0 Å². The van der Waals surface area contributed by atoms with Gasteiger partial charge in [0.1, 0.15) is 5.82 Å². The summed E-state index contributed by atoms with van der Waals surface area (Å²) in [7, 11) is 0. The number of aromatic carboxylic acids is 1. The number of anilines is 2. The molecule has 0 saturated heterocycles. The van der Waals surface area contributed by atoms with Gasteiger partial charge in [0.15, 0.2) is 5.82 Å². The van der Waals surface area contributed by atoms with E-state index in [9.17, 15) is 9.90 Å². The van der Waals surface area contributed by atoms with E-state index in [2.05, 4.69) is 34.3 Å². The highest BCUT2D eigenvalue weighted by atomic mass is 16.4. The van der Waals surface area contributed by atoms with Gasteiger partial charge in [0.05, 0.1) is 28.3 Å². The lowest BCUT2D eigenvalue weighted by Gasteiger charge is -2.13. The van der Waals surface area contributed by atoms with Crippen molar-refractivity contribution in [2.24, 2.45) is 0 Å². The Bertz CT molecular complexity index is 1310. The minimum absolute atomic E-state index is 0.194. The number of carbonyl (C=O) groups is 1. The predicted molar refractivity (Wildman–Crippen MR) is 125 cm³/mol. The fraction of sp³-hybridized carbons (Fsp3) is 0.200. The molecule has 2 aromatic carbocycles. The van der Waals surface area contributed by atoms with E-state index in [0.717, 1.165) is 34.6 Å². The van der Waals surface area contributed by atoms with Crippen molar-refractivity contribution in [3.63, 3.8) is 0 Å². The zero-order valence-electron chi connectivity index (χ0n) is 18.5. The Kier molecular flexibility index (Phi) is 5.73. The molecular formula is C25H25N5O2. The molecule has 4 aromatic rings. The molecule has 0 aliphatic heterocycles. The fourth-order valence-electron chi connectivity index (χ4n) is 3.53. The smallest absolute Gasteiger partial charge is 0.337 e. The second-order valence-electron chi connectivity index (χ2n) is 7.78. The summed E-state index contributed by atoms with van der Waals surface area (Å²) < 4.78 is 1.69. The van der Waals surface area contributed by atoms with Gasteiger partial charge in [-0.2, -0.15) is 9.78 Å². The number of carboxylic acid groups (broad SMARTS) is 1. The molecule has 32 heavy (non-hydrogen) atoms. The first-order valence-electron chi connectivity index (χ1n) is 10.5. The summed E-state index contributed by atoms with van der Waals surface area (Å²) >= 11 is 0. The molecule has 2 aromatic heterocycles. The molecule has 7 heteroatoms. The van der Waals surface area contributed by atoms with Crippen LogP contribution in [-0.4, -0.2) is 30.8 Å². The molecule has 2 N–H and O–H groups in total. The van der Waals surface area contributed by atoms with Crippen LogP contribution in [0.1, 0.15) is 39.8 Å². The molecular weight excluding hydrogens is 402 g/mol. The summed E-state index contributed by atoms with van der Waals surface area (Å²) in [5.41, 5.74) is 5.99. The van der Waals surface area contributed by atoms with E-state index in [0.29, 0.717) is 17.3 Å². The molecule has 0 atom stereocenters. The van der Waals surface area contributed by atoms with Gasteiger partial charge < -0.3 is 10.4 Å². The normalized spacial score (nSPS) is 10.9. The van der Waals surface area contributed by atoms with Gasteiger partial charge >= 0.3 is 5.97 Å². The number of aromatic nitrogens is 4. The third-order valence-electron chi connectivity index (χ3n) is 5.26. The van der Waals surface area contributed by atoms with Gasteiger partial charge in [0, 0.05) is 17.8 Å². The van der Waals surface area contributed by atoms with E-state index in [1.54, 1.807) is 23.0 Å². The van der Waals surface area contributed by atoms with Crippen LogP contribution in [0.3, 0.4) is 0 Å². The molecule has 2 heterocycles. The molecule has 4 rings (SSSR count). The number of rotatable bonds is 6. The van der Waals surface area contributed by atoms with Crippen LogP contribution in [0.4, 0.5) is 11.5 Å². The second-order valence-corrected chi connectivity index (χ2v) is 7.78. The van der Waals surface area contributed by atoms with Crippen LogP contribution < -0.4 is 5.32 Å². The molecule has 0 aliphatic rings. The fourth-order valence-corrected chi connectivity index (χ4v) is 3.53. The average Bonchev–Trinajstić information content (AvgIpc) is 3.20. The minimum Gasteiger partial charge on any atom is -0.478 e. The molecule has 162 valence electrons. The number of aryl methyl sites for hydroxylation is 4. The van der Waals surface area contributed by atoms with Crippen LogP contribution in [-0.2, 0) is 6.42 Å². The molecule has 0 amide bonds. The van der Waals surface area contributed by atoms with Crippen molar-refractivity contribution in [3.8, 4) is 17.1 Å². The van der Waals surface area contributed by atoms with E-state index in [4.69, 9.17) is 5.10 Å². The summed E-state index contributed by atoms with van der Waals surface area (Å²) in [5.74, 6) is 0.204. The first kappa shape index (κ1) is 21.2. The van der Waals surface area contributed by atoms with Crippen molar-refractivity contribution in [3.05, 3.63) is 82.8 Å². The standard InChI is InChI=1S/C25H25N5O2/c1-5-18-7-6-8-19(12-18)22-13-23(28-21-10-9-15(2)11-20(21)25(31)32)30(29-22)24-17(4)26-14-16(3)27-24/h6-14,28H,5H2,1-4H3,(H,31,32). The second kappa shape index (κ2) is 8.63. The molecule has 0 spiro atoms. The lowest BCUT2D eigenvalue weighted by molar-refractivity contribution is 0.0698. The third-order valence-corrected chi connectivity index (χ3v) is 5.26. The molecule has 0 saturated carbocycles. The van der Waals surface area contributed by atoms with Gasteiger partial charge in [-0.3, -0.25) is 4.98 Å². The largest absolute Gasteiger partial charge is 0.478 e. The van der Waals surface area contributed by atoms with E-state index in [1.165, 1.54) is 5.56 Å².